The van der Waals surface area contributed by atoms with Crippen LogP contribution in [0.2, 0.25) is 0 Å². The zero-order chi connectivity index (χ0) is 40.1. The van der Waals surface area contributed by atoms with Gasteiger partial charge in [-0.15, -0.1) is 108 Å². The van der Waals surface area contributed by atoms with Gasteiger partial charge in [-0.3, -0.25) is 0 Å². The molecule has 294 valence electrons. The van der Waals surface area contributed by atoms with Crippen molar-refractivity contribution in [3.05, 3.63) is 235 Å². The smallest absolute Gasteiger partial charge is 0.304 e. The van der Waals surface area contributed by atoms with Crippen LogP contribution in [0.1, 0.15) is 53.7 Å². The van der Waals surface area contributed by atoms with Gasteiger partial charge < -0.3 is 15.0 Å². The third-order valence-corrected chi connectivity index (χ3v) is 12.1. The fraction of sp³-hybridized carbons (Fsp3) is 0.105. The average Bonchev–Trinajstić information content (AvgIpc) is 3.35. The molecule has 3 heterocycles. The molecule has 0 radical (unpaired) electrons. The Morgan fingerprint density at radius 1 is 0.328 bits per heavy atom. The zero-order valence-corrected chi connectivity index (χ0v) is 36.0. The van der Waals surface area contributed by atoms with E-state index in [0.29, 0.717) is 17.8 Å². The van der Waals surface area contributed by atoms with Gasteiger partial charge in [-0.05, 0) is 104 Å². The third kappa shape index (κ3) is 8.56. The molecule has 0 atom stereocenters. The average molecular weight is 961 g/mol. The predicted octanol–water partition coefficient (Wildman–Crippen LogP) is 14.1. The topological polar surface area (TPSA) is 38.7 Å². The van der Waals surface area contributed by atoms with Crippen LogP contribution in [0.3, 0.4) is 0 Å². The Labute approximate surface area is 372 Å². The van der Waals surface area contributed by atoms with Gasteiger partial charge in [0.05, 0.1) is 0 Å². The monoisotopic (exact) mass is 961 g/mol. The first-order valence-corrected chi connectivity index (χ1v) is 20.8. The standard InChI is InChI=1S/C57H42N3.Ir/c1-4-16-40(17-5-1)55-31-28-43(37-58-55)49-22-10-13-25-52(49)46-34-47(53-26-14-11-23-50(53)44-29-32-56(59-38-44)41-18-6-2-7-19-41)36-48(35-46)54-27-15-12-24-51(54)45-30-33-57(60-39-45)42-20-8-3-9-21-42;/h1-16,18,20,22-33,37-39,46-48H,34-36H2;/q-3;+3. The Balaban J connectivity index is 0.00000476. The number of benzene rings is 6. The largest absolute Gasteiger partial charge is 3.00 e. The van der Waals surface area contributed by atoms with E-state index in [1.807, 2.05) is 73.2 Å². The molecule has 3 nitrogen and oxygen atoms in total. The first-order chi connectivity index (χ1) is 29.7. The maximum Gasteiger partial charge on any atom is 3.00 e. The quantitative estimate of drug-likeness (QED) is 0.135. The van der Waals surface area contributed by atoms with Crippen LogP contribution in [0.5, 0.6) is 0 Å². The number of hydrogen-bond acceptors (Lipinski definition) is 3. The van der Waals surface area contributed by atoms with E-state index in [0.717, 1.165) is 69.7 Å². The van der Waals surface area contributed by atoms with Crippen LogP contribution < -0.4 is 0 Å². The van der Waals surface area contributed by atoms with E-state index in [-0.39, 0.29) is 20.1 Å². The number of pyridine rings is 3. The first-order valence-electron chi connectivity index (χ1n) is 20.8. The maximum absolute atomic E-state index is 4.93. The Bertz CT molecular complexity index is 2500. The molecule has 61 heavy (non-hydrogen) atoms. The molecule has 0 bridgehead atoms. The van der Waals surface area contributed by atoms with E-state index >= 15 is 0 Å². The summed E-state index contributed by atoms with van der Waals surface area (Å²) in [5.74, 6) is 0.907. The van der Waals surface area contributed by atoms with E-state index < -0.39 is 0 Å². The molecule has 9 aromatic rings. The van der Waals surface area contributed by atoms with Crippen molar-refractivity contribution in [3.8, 4) is 67.2 Å². The third-order valence-electron chi connectivity index (χ3n) is 12.1. The summed E-state index contributed by atoms with van der Waals surface area (Å²) in [5, 5.41) is 0. The normalized spacial score (nSPS) is 16.0. The molecular formula is C57H42IrN3. The van der Waals surface area contributed by atoms with Crippen molar-refractivity contribution in [2.45, 2.75) is 37.0 Å². The fourth-order valence-electron chi connectivity index (χ4n) is 9.22. The molecule has 0 spiro atoms. The second-order valence-electron chi connectivity index (χ2n) is 15.7. The van der Waals surface area contributed by atoms with Crippen molar-refractivity contribution in [3.63, 3.8) is 0 Å². The summed E-state index contributed by atoms with van der Waals surface area (Å²) in [6.45, 7) is 0. The van der Waals surface area contributed by atoms with Crippen LogP contribution in [0.25, 0.3) is 67.2 Å². The summed E-state index contributed by atoms with van der Waals surface area (Å²) in [6.07, 6.45) is 9.20. The molecule has 1 aliphatic carbocycles. The van der Waals surface area contributed by atoms with Crippen LogP contribution >= 0.6 is 0 Å². The molecule has 4 heteroatoms. The summed E-state index contributed by atoms with van der Waals surface area (Å²) in [6, 6.07) is 74.1. The van der Waals surface area contributed by atoms with E-state index in [1.54, 1.807) is 0 Å². The van der Waals surface area contributed by atoms with Crippen molar-refractivity contribution in [2.24, 2.45) is 0 Å². The zero-order valence-electron chi connectivity index (χ0n) is 33.6. The molecular weight excluding hydrogens is 919 g/mol. The summed E-state index contributed by atoms with van der Waals surface area (Å²) < 4.78 is 0. The minimum atomic E-state index is 0. The van der Waals surface area contributed by atoms with Gasteiger partial charge in [0.1, 0.15) is 0 Å². The predicted molar refractivity (Wildman–Crippen MR) is 244 cm³/mol. The minimum absolute atomic E-state index is 0. The molecule has 10 rings (SSSR count). The molecule has 1 aliphatic rings. The SMILES string of the molecule is [Ir+3].[c-]1ccccc1-c1ccc(-c2ccccc2C2CC(c3ccccc3-c3ccc(-c4[c-]cccc4)nc3)CC(c3ccccc3-c3ccc(-c4[c-]cccc4)nc3)C2)cn1. The van der Waals surface area contributed by atoms with Crippen LogP contribution in [0, 0.1) is 18.2 Å². The van der Waals surface area contributed by atoms with Crippen LogP contribution in [-0.2, 0) is 20.1 Å². The Morgan fingerprint density at radius 2 is 0.623 bits per heavy atom. The Morgan fingerprint density at radius 3 is 0.885 bits per heavy atom. The van der Waals surface area contributed by atoms with Crippen molar-refractivity contribution in [2.75, 3.05) is 0 Å². The van der Waals surface area contributed by atoms with Gasteiger partial charge in [0.2, 0.25) is 0 Å². The summed E-state index contributed by atoms with van der Waals surface area (Å²) in [5.41, 5.74) is 17.0. The maximum atomic E-state index is 4.93. The molecule has 0 unspecified atom stereocenters. The van der Waals surface area contributed by atoms with Crippen molar-refractivity contribution in [1.29, 1.82) is 0 Å². The molecule has 3 aromatic heterocycles. The molecule has 0 N–H and O–H groups in total. The molecule has 0 saturated heterocycles. The van der Waals surface area contributed by atoms with Crippen molar-refractivity contribution >= 4 is 0 Å². The summed E-state index contributed by atoms with van der Waals surface area (Å²) in [4.78, 5) is 14.8. The first kappa shape index (κ1) is 39.9. The van der Waals surface area contributed by atoms with Gasteiger partial charge in [-0.25, -0.2) is 0 Å². The minimum Gasteiger partial charge on any atom is -0.304 e. The summed E-state index contributed by atoms with van der Waals surface area (Å²) >= 11 is 0. The van der Waals surface area contributed by atoms with E-state index in [1.165, 1.54) is 33.4 Å². The fourth-order valence-corrected chi connectivity index (χ4v) is 9.22. The van der Waals surface area contributed by atoms with Gasteiger partial charge in [0.15, 0.2) is 0 Å². The number of rotatable bonds is 9. The van der Waals surface area contributed by atoms with Crippen LogP contribution in [-0.4, -0.2) is 15.0 Å². The number of hydrogen-bond donors (Lipinski definition) is 0. The van der Waals surface area contributed by atoms with E-state index in [9.17, 15) is 0 Å². The summed E-state index contributed by atoms with van der Waals surface area (Å²) in [7, 11) is 0. The van der Waals surface area contributed by atoms with Crippen LogP contribution in [0.15, 0.2) is 201 Å². The van der Waals surface area contributed by atoms with Gasteiger partial charge in [0, 0.05) is 18.6 Å². The Kier molecular flexibility index (Phi) is 12.0. The molecule has 1 saturated carbocycles. The van der Waals surface area contributed by atoms with Crippen LogP contribution in [0.4, 0.5) is 0 Å². The second-order valence-corrected chi connectivity index (χ2v) is 15.7. The second kappa shape index (κ2) is 18.4. The molecule has 1 fully saturated rings. The van der Waals surface area contributed by atoms with E-state index in [4.69, 9.17) is 15.0 Å². The van der Waals surface area contributed by atoms with Gasteiger partial charge in [0.25, 0.3) is 0 Å². The van der Waals surface area contributed by atoms with Gasteiger partial charge in [-0.2, -0.15) is 0 Å². The van der Waals surface area contributed by atoms with E-state index in [2.05, 4.69) is 146 Å². The van der Waals surface area contributed by atoms with Gasteiger partial charge >= 0.3 is 20.1 Å². The molecule has 6 aromatic carbocycles. The number of aromatic nitrogens is 3. The number of nitrogens with zero attached hydrogens (tertiary/aromatic N) is 3. The van der Waals surface area contributed by atoms with Crippen molar-refractivity contribution in [1.82, 2.24) is 15.0 Å². The van der Waals surface area contributed by atoms with Gasteiger partial charge in [-0.1, -0.05) is 109 Å². The molecule has 0 aliphatic heterocycles. The Hall–Kier alpha value is -6.58. The van der Waals surface area contributed by atoms with Crippen molar-refractivity contribution < 1.29 is 20.1 Å². The molecule has 0 amide bonds.